The molecule has 2 rings (SSSR count). The zero-order valence-corrected chi connectivity index (χ0v) is 15.4. The van der Waals surface area contributed by atoms with Gasteiger partial charge in [0.15, 0.2) is 0 Å². The molecular formula is C17H17ClOS3. The van der Waals surface area contributed by atoms with Crippen LogP contribution in [0.2, 0.25) is 5.02 Å². The van der Waals surface area contributed by atoms with Crippen LogP contribution in [-0.2, 0) is 5.75 Å². The number of phenols is 1. The number of rotatable bonds is 7. The number of thioether (sulfide) groups is 1. The largest absolute Gasteiger partial charge is 0.508 e. The molecule has 0 atom stereocenters. The molecule has 0 saturated heterocycles. The highest BCUT2D eigenvalue weighted by Gasteiger charge is 1.98. The van der Waals surface area contributed by atoms with Crippen LogP contribution in [0.25, 0.3) is 0 Å². The van der Waals surface area contributed by atoms with E-state index in [1.54, 1.807) is 45.5 Å². The summed E-state index contributed by atoms with van der Waals surface area (Å²) in [5.74, 6) is 2.15. The van der Waals surface area contributed by atoms with E-state index >= 15 is 0 Å². The van der Waals surface area contributed by atoms with Crippen molar-refractivity contribution in [3.05, 3.63) is 70.1 Å². The van der Waals surface area contributed by atoms with E-state index in [4.69, 9.17) is 11.6 Å². The molecule has 0 radical (unpaired) electrons. The summed E-state index contributed by atoms with van der Waals surface area (Å²) in [7, 11) is 3.52. The summed E-state index contributed by atoms with van der Waals surface area (Å²) in [6.07, 6.45) is 2.13. The maximum Gasteiger partial charge on any atom is 0.116 e. The quantitative estimate of drug-likeness (QED) is 0.340. The Morgan fingerprint density at radius 2 is 2.05 bits per heavy atom. The summed E-state index contributed by atoms with van der Waals surface area (Å²) in [6, 6.07) is 13.5. The Labute approximate surface area is 148 Å². The van der Waals surface area contributed by atoms with E-state index in [2.05, 4.69) is 23.6 Å². The Morgan fingerprint density at radius 1 is 1.18 bits per heavy atom. The number of halogens is 1. The van der Waals surface area contributed by atoms with Crippen molar-refractivity contribution in [1.82, 2.24) is 0 Å². The highest BCUT2D eigenvalue weighted by Crippen LogP contribution is 2.29. The molecule has 0 saturated carbocycles. The van der Waals surface area contributed by atoms with Crippen molar-refractivity contribution < 1.29 is 5.11 Å². The van der Waals surface area contributed by atoms with Gasteiger partial charge in [-0.1, -0.05) is 57.5 Å². The molecule has 116 valence electrons. The maximum absolute atomic E-state index is 9.38. The lowest BCUT2D eigenvalue weighted by Gasteiger charge is -2.02. The van der Waals surface area contributed by atoms with Crippen molar-refractivity contribution in [3.8, 4) is 5.75 Å². The lowest BCUT2D eigenvalue weighted by molar-refractivity contribution is 0.474. The standard InChI is InChI=1S/C17H17ClOS3/c1-13-6-7-14(10-17(13)18)12-22-21-9-3-8-20-16-5-2-4-15(19)11-16/h2-7,9-11,19H,8,12H2,1H3/b9-3-. The molecule has 0 aliphatic heterocycles. The number of hydrogen-bond acceptors (Lipinski definition) is 4. The predicted molar refractivity (Wildman–Crippen MR) is 103 cm³/mol. The number of aryl methyl sites for hydroxylation is 1. The van der Waals surface area contributed by atoms with Crippen LogP contribution in [-0.4, -0.2) is 10.9 Å². The highest BCUT2D eigenvalue weighted by molar-refractivity contribution is 8.77. The SMILES string of the molecule is Cc1ccc(CSS/C=C\CSc2cccc(O)c2)cc1Cl. The third kappa shape index (κ3) is 6.21. The van der Waals surface area contributed by atoms with Gasteiger partial charge in [0.2, 0.25) is 0 Å². The minimum absolute atomic E-state index is 0.315. The van der Waals surface area contributed by atoms with Crippen molar-refractivity contribution in [2.45, 2.75) is 17.6 Å². The van der Waals surface area contributed by atoms with E-state index in [1.165, 1.54) is 5.56 Å². The first-order valence-electron chi connectivity index (χ1n) is 6.75. The first-order chi connectivity index (χ1) is 10.6. The summed E-state index contributed by atoms with van der Waals surface area (Å²) < 4.78 is 0. The molecular weight excluding hydrogens is 352 g/mol. The van der Waals surface area contributed by atoms with E-state index in [9.17, 15) is 5.11 Å². The zero-order chi connectivity index (χ0) is 15.8. The van der Waals surface area contributed by atoms with Gasteiger partial charge in [-0.3, -0.25) is 0 Å². The van der Waals surface area contributed by atoms with Gasteiger partial charge in [-0.05, 0) is 47.7 Å². The van der Waals surface area contributed by atoms with Gasteiger partial charge in [0.25, 0.3) is 0 Å². The minimum atomic E-state index is 0.315. The van der Waals surface area contributed by atoms with Crippen LogP contribution in [0.3, 0.4) is 0 Å². The molecule has 0 aliphatic rings. The fourth-order valence-corrected chi connectivity index (χ4v) is 4.47. The molecule has 5 heteroatoms. The summed E-state index contributed by atoms with van der Waals surface area (Å²) in [4.78, 5) is 1.08. The summed E-state index contributed by atoms with van der Waals surface area (Å²) >= 11 is 7.82. The molecule has 0 bridgehead atoms. The predicted octanol–water partition coefficient (Wildman–Crippen LogP) is 6.54. The first kappa shape index (κ1) is 17.7. The van der Waals surface area contributed by atoms with Crippen LogP contribution in [0.1, 0.15) is 11.1 Å². The van der Waals surface area contributed by atoms with Crippen molar-refractivity contribution in [1.29, 1.82) is 0 Å². The third-order valence-corrected chi connectivity index (χ3v) is 6.19. The van der Waals surface area contributed by atoms with Gasteiger partial charge in [0, 0.05) is 21.4 Å². The lowest BCUT2D eigenvalue weighted by Crippen LogP contribution is -1.81. The van der Waals surface area contributed by atoms with Gasteiger partial charge < -0.3 is 5.11 Å². The van der Waals surface area contributed by atoms with Crippen molar-refractivity contribution >= 4 is 45.0 Å². The number of aromatic hydroxyl groups is 1. The van der Waals surface area contributed by atoms with E-state index < -0.39 is 0 Å². The molecule has 2 aromatic rings. The molecule has 0 amide bonds. The van der Waals surface area contributed by atoms with Crippen molar-refractivity contribution in [2.24, 2.45) is 0 Å². The van der Waals surface area contributed by atoms with Gasteiger partial charge in [-0.25, -0.2) is 0 Å². The highest BCUT2D eigenvalue weighted by atomic mass is 35.5. The van der Waals surface area contributed by atoms with Crippen LogP contribution in [0.15, 0.2) is 58.8 Å². The Balaban J connectivity index is 1.65. The Hall–Kier alpha value is -0.680. The molecule has 0 fully saturated rings. The molecule has 0 aliphatic carbocycles. The molecule has 0 heterocycles. The maximum atomic E-state index is 9.38. The number of hydrogen-bond donors (Lipinski definition) is 1. The molecule has 22 heavy (non-hydrogen) atoms. The second kappa shape index (κ2) is 9.46. The van der Waals surface area contributed by atoms with E-state index in [0.717, 1.165) is 27.0 Å². The van der Waals surface area contributed by atoms with Crippen LogP contribution < -0.4 is 0 Å². The van der Waals surface area contributed by atoms with E-state index in [0.29, 0.717) is 5.75 Å². The lowest BCUT2D eigenvalue weighted by atomic mass is 10.2. The molecule has 0 unspecified atom stereocenters. The van der Waals surface area contributed by atoms with Crippen molar-refractivity contribution in [3.63, 3.8) is 0 Å². The second-order valence-corrected chi connectivity index (χ2v) is 8.40. The second-order valence-electron chi connectivity index (χ2n) is 4.62. The van der Waals surface area contributed by atoms with Gasteiger partial charge in [0.05, 0.1) is 0 Å². The summed E-state index contributed by atoms with van der Waals surface area (Å²) in [5, 5.41) is 12.3. The third-order valence-electron chi connectivity index (χ3n) is 2.85. The van der Waals surface area contributed by atoms with Gasteiger partial charge in [-0.15, -0.1) is 11.8 Å². The molecule has 1 N–H and O–H groups in total. The Bertz CT molecular complexity index is 644. The molecule has 0 spiro atoms. The fourth-order valence-electron chi connectivity index (χ4n) is 1.66. The molecule has 0 aromatic heterocycles. The molecule has 1 nitrogen and oxygen atoms in total. The first-order valence-corrected chi connectivity index (χ1v) is 10.5. The zero-order valence-electron chi connectivity index (χ0n) is 12.2. The smallest absolute Gasteiger partial charge is 0.116 e. The van der Waals surface area contributed by atoms with Crippen LogP contribution in [0.4, 0.5) is 0 Å². The monoisotopic (exact) mass is 368 g/mol. The van der Waals surface area contributed by atoms with E-state index in [1.807, 2.05) is 25.1 Å². The van der Waals surface area contributed by atoms with Gasteiger partial charge >= 0.3 is 0 Å². The normalized spacial score (nSPS) is 11.2. The number of phenolic OH excluding ortho intramolecular Hbond substituents is 1. The van der Waals surface area contributed by atoms with Crippen molar-refractivity contribution in [2.75, 3.05) is 5.75 Å². The summed E-state index contributed by atoms with van der Waals surface area (Å²) in [6.45, 7) is 2.01. The van der Waals surface area contributed by atoms with Crippen LogP contribution in [0, 0.1) is 6.92 Å². The van der Waals surface area contributed by atoms with Gasteiger partial charge in [-0.2, -0.15) is 0 Å². The fraction of sp³-hybridized carbons (Fsp3) is 0.176. The number of benzene rings is 2. The van der Waals surface area contributed by atoms with Gasteiger partial charge in [0.1, 0.15) is 5.75 Å². The minimum Gasteiger partial charge on any atom is -0.508 e. The Kier molecular flexibility index (Phi) is 7.60. The topological polar surface area (TPSA) is 20.2 Å². The average Bonchev–Trinajstić information content (AvgIpc) is 2.50. The van der Waals surface area contributed by atoms with Crippen LogP contribution >= 0.6 is 45.0 Å². The van der Waals surface area contributed by atoms with E-state index in [-0.39, 0.29) is 0 Å². The molecule has 2 aromatic carbocycles. The summed E-state index contributed by atoms with van der Waals surface area (Å²) in [5.41, 5.74) is 2.36. The van der Waals surface area contributed by atoms with Crippen LogP contribution in [0.5, 0.6) is 5.75 Å². The average molecular weight is 369 g/mol. The Morgan fingerprint density at radius 3 is 2.82 bits per heavy atom.